The molecule has 0 spiro atoms. The highest BCUT2D eigenvalue weighted by molar-refractivity contribution is 6.04. The van der Waals surface area contributed by atoms with E-state index < -0.39 is 5.95 Å². The molecule has 0 radical (unpaired) electrons. The first-order chi connectivity index (χ1) is 9.40. The van der Waals surface area contributed by atoms with Gasteiger partial charge in [-0.1, -0.05) is 0 Å². The van der Waals surface area contributed by atoms with Gasteiger partial charge in [-0.25, -0.2) is 4.98 Å². The number of amides is 1. The van der Waals surface area contributed by atoms with Crippen molar-refractivity contribution in [3.8, 4) is 0 Å². The lowest BCUT2D eigenvalue weighted by Gasteiger charge is -2.09. The third-order valence-electron chi connectivity index (χ3n) is 3.04. The van der Waals surface area contributed by atoms with E-state index in [0.717, 1.165) is 17.5 Å². The molecular weight excluding hydrogens is 259 g/mol. The lowest BCUT2D eigenvalue weighted by molar-refractivity contribution is 0.102. The number of pyridine rings is 1. The fourth-order valence-electron chi connectivity index (χ4n) is 2.04. The van der Waals surface area contributed by atoms with E-state index in [9.17, 15) is 9.18 Å². The number of hydrogen-bond acceptors (Lipinski definition) is 3. The molecule has 0 aliphatic rings. The fraction of sp³-hybridized carbons (Fsp3) is 0.357. The average Bonchev–Trinajstić information content (AvgIpc) is 2.67. The van der Waals surface area contributed by atoms with Gasteiger partial charge in [-0.2, -0.15) is 9.49 Å². The Balaban J connectivity index is 2.26. The number of anilines is 1. The van der Waals surface area contributed by atoms with E-state index >= 15 is 0 Å². The van der Waals surface area contributed by atoms with Crippen LogP contribution >= 0.6 is 0 Å². The lowest BCUT2D eigenvalue weighted by atomic mass is 10.2. The van der Waals surface area contributed by atoms with Gasteiger partial charge < -0.3 is 5.32 Å². The SMILES string of the molecule is Cc1nn(C(C)C)c(C)c1NC(=O)c1ccc(F)nc1. The molecule has 0 unspecified atom stereocenters. The molecule has 1 amide bonds. The number of aryl methyl sites for hydroxylation is 1. The number of aromatic nitrogens is 3. The zero-order chi connectivity index (χ0) is 14.9. The quantitative estimate of drug-likeness (QED) is 0.877. The summed E-state index contributed by atoms with van der Waals surface area (Å²) in [6, 6.07) is 2.77. The van der Waals surface area contributed by atoms with Gasteiger partial charge in [0.15, 0.2) is 0 Å². The van der Waals surface area contributed by atoms with Crippen molar-refractivity contribution in [1.82, 2.24) is 14.8 Å². The molecule has 0 saturated heterocycles. The summed E-state index contributed by atoms with van der Waals surface area (Å²) in [5, 5.41) is 7.20. The van der Waals surface area contributed by atoms with Crippen LogP contribution in [0.15, 0.2) is 18.3 Å². The Bertz CT molecular complexity index is 631. The smallest absolute Gasteiger partial charge is 0.257 e. The molecule has 0 aliphatic heterocycles. The summed E-state index contributed by atoms with van der Waals surface area (Å²) in [5.74, 6) is -0.937. The van der Waals surface area contributed by atoms with Crippen molar-refractivity contribution < 1.29 is 9.18 Å². The summed E-state index contributed by atoms with van der Waals surface area (Å²) in [7, 11) is 0. The topological polar surface area (TPSA) is 59.8 Å². The van der Waals surface area contributed by atoms with Crippen LogP contribution in [0.25, 0.3) is 0 Å². The molecular formula is C14H17FN4O. The standard InChI is InChI=1S/C14H17FN4O/c1-8(2)19-10(4)13(9(3)18-19)17-14(20)11-5-6-12(15)16-7-11/h5-8H,1-4H3,(H,17,20). The number of carbonyl (C=O) groups excluding carboxylic acids is 1. The summed E-state index contributed by atoms with van der Waals surface area (Å²) in [6.45, 7) is 7.78. The highest BCUT2D eigenvalue weighted by atomic mass is 19.1. The van der Waals surface area contributed by atoms with Gasteiger partial charge in [0, 0.05) is 12.2 Å². The molecule has 2 heterocycles. The molecule has 2 aromatic rings. The van der Waals surface area contributed by atoms with Crippen LogP contribution < -0.4 is 5.32 Å². The van der Waals surface area contributed by atoms with E-state index in [1.807, 2.05) is 32.4 Å². The molecule has 106 valence electrons. The van der Waals surface area contributed by atoms with Crippen molar-refractivity contribution in [3.05, 3.63) is 41.2 Å². The van der Waals surface area contributed by atoms with Crippen LogP contribution in [0.4, 0.5) is 10.1 Å². The number of nitrogens with one attached hydrogen (secondary N) is 1. The number of carbonyl (C=O) groups is 1. The molecule has 6 heteroatoms. The van der Waals surface area contributed by atoms with E-state index in [0.29, 0.717) is 11.3 Å². The molecule has 0 saturated carbocycles. The number of rotatable bonds is 3. The third kappa shape index (κ3) is 2.68. The Labute approximate surface area is 116 Å². The van der Waals surface area contributed by atoms with Crippen LogP contribution in [0, 0.1) is 19.8 Å². The molecule has 1 N–H and O–H groups in total. The predicted octanol–water partition coefficient (Wildman–Crippen LogP) is 2.87. The van der Waals surface area contributed by atoms with Crippen molar-refractivity contribution in [2.24, 2.45) is 0 Å². The second-order valence-corrected chi connectivity index (χ2v) is 4.91. The third-order valence-corrected chi connectivity index (χ3v) is 3.04. The van der Waals surface area contributed by atoms with Crippen LogP contribution in [0.2, 0.25) is 0 Å². The fourth-order valence-corrected chi connectivity index (χ4v) is 2.04. The van der Waals surface area contributed by atoms with Crippen LogP contribution in [0.5, 0.6) is 0 Å². The molecule has 2 aromatic heterocycles. The molecule has 0 atom stereocenters. The molecule has 0 fully saturated rings. The highest BCUT2D eigenvalue weighted by Crippen LogP contribution is 2.22. The lowest BCUT2D eigenvalue weighted by Crippen LogP contribution is -2.14. The van der Waals surface area contributed by atoms with Gasteiger partial charge in [0.25, 0.3) is 5.91 Å². The van der Waals surface area contributed by atoms with E-state index in [-0.39, 0.29) is 11.9 Å². The second kappa shape index (κ2) is 5.40. The first kappa shape index (κ1) is 14.2. The normalized spacial score (nSPS) is 10.9. The number of nitrogens with zero attached hydrogens (tertiary/aromatic N) is 3. The molecule has 2 rings (SSSR count). The first-order valence-corrected chi connectivity index (χ1v) is 6.38. The average molecular weight is 276 g/mol. The summed E-state index contributed by atoms with van der Waals surface area (Å²) < 4.78 is 14.6. The molecule has 20 heavy (non-hydrogen) atoms. The largest absolute Gasteiger partial charge is 0.319 e. The van der Waals surface area contributed by atoms with Crippen molar-refractivity contribution in [2.75, 3.05) is 5.32 Å². The van der Waals surface area contributed by atoms with Gasteiger partial charge in [-0.15, -0.1) is 0 Å². The number of hydrogen-bond donors (Lipinski definition) is 1. The summed E-state index contributed by atoms with van der Waals surface area (Å²) in [4.78, 5) is 15.6. The van der Waals surface area contributed by atoms with Gasteiger partial charge >= 0.3 is 0 Å². The Morgan fingerprint density at radius 3 is 2.55 bits per heavy atom. The Kier molecular flexibility index (Phi) is 3.83. The highest BCUT2D eigenvalue weighted by Gasteiger charge is 2.16. The maximum atomic E-state index is 12.7. The monoisotopic (exact) mass is 276 g/mol. The minimum Gasteiger partial charge on any atom is -0.319 e. The van der Waals surface area contributed by atoms with Crippen LogP contribution in [-0.4, -0.2) is 20.7 Å². The zero-order valence-corrected chi connectivity index (χ0v) is 11.9. The van der Waals surface area contributed by atoms with Gasteiger partial charge in [-0.3, -0.25) is 9.48 Å². The van der Waals surface area contributed by atoms with Crippen LogP contribution in [-0.2, 0) is 0 Å². The molecule has 0 aliphatic carbocycles. The maximum Gasteiger partial charge on any atom is 0.257 e. The van der Waals surface area contributed by atoms with Crippen molar-refractivity contribution >= 4 is 11.6 Å². The first-order valence-electron chi connectivity index (χ1n) is 6.38. The van der Waals surface area contributed by atoms with E-state index in [1.54, 1.807) is 0 Å². The van der Waals surface area contributed by atoms with Gasteiger partial charge in [0.05, 0.1) is 22.6 Å². The van der Waals surface area contributed by atoms with Crippen LogP contribution in [0.3, 0.4) is 0 Å². The summed E-state index contributed by atoms with van der Waals surface area (Å²) in [6.07, 6.45) is 1.21. The van der Waals surface area contributed by atoms with Crippen molar-refractivity contribution in [2.45, 2.75) is 33.7 Å². The number of halogens is 1. The van der Waals surface area contributed by atoms with Gasteiger partial charge in [0.2, 0.25) is 5.95 Å². The second-order valence-electron chi connectivity index (χ2n) is 4.91. The van der Waals surface area contributed by atoms with E-state index in [2.05, 4.69) is 15.4 Å². The van der Waals surface area contributed by atoms with E-state index in [4.69, 9.17) is 0 Å². The molecule has 5 nitrogen and oxygen atoms in total. The van der Waals surface area contributed by atoms with Crippen LogP contribution in [0.1, 0.15) is 41.6 Å². The Morgan fingerprint density at radius 2 is 2.05 bits per heavy atom. The summed E-state index contributed by atoms with van der Waals surface area (Å²) in [5.41, 5.74) is 2.64. The molecule has 0 aromatic carbocycles. The molecule has 0 bridgehead atoms. The van der Waals surface area contributed by atoms with Crippen molar-refractivity contribution in [1.29, 1.82) is 0 Å². The van der Waals surface area contributed by atoms with Gasteiger partial charge in [-0.05, 0) is 39.8 Å². The van der Waals surface area contributed by atoms with Gasteiger partial charge in [0.1, 0.15) is 0 Å². The Morgan fingerprint density at radius 1 is 1.35 bits per heavy atom. The van der Waals surface area contributed by atoms with E-state index in [1.165, 1.54) is 12.3 Å². The van der Waals surface area contributed by atoms with Crippen molar-refractivity contribution in [3.63, 3.8) is 0 Å². The minimum atomic E-state index is -0.610. The summed E-state index contributed by atoms with van der Waals surface area (Å²) >= 11 is 0. The Hall–Kier alpha value is -2.24. The maximum absolute atomic E-state index is 12.7. The predicted molar refractivity (Wildman–Crippen MR) is 74.2 cm³/mol. The zero-order valence-electron chi connectivity index (χ0n) is 11.9. The minimum absolute atomic E-state index is 0.215.